The summed E-state index contributed by atoms with van der Waals surface area (Å²) in [5, 5.41) is 16.9. The van der Waals surface area contributed by atoms with Crippen LogP contribution >= 0.6 is 71.0 Å². The lowest BCUT2D eigenvalue weighted by molar-refractivity contribution is 0.112. The zero-order valence-electron chi connectivity index (χ0n) is 25.7. The topological polar surface area (TPSA) is 87.1 Å². The van der Waals surface area contributed by atoms with E-state index in [1.807, 2.05) is 0 Å². The van der Waals surface area contributed by atoms with Crippen LogP contribution in [0.4, 0.5) is 40.6 Å². The molecule has 0 aliphatic rings. The van der Waals surface area contributed by atoms with Gasteiger partial charge in [0.2, 0.25) is 0 Å². The van der Waals surface area contributed by atoms with Crippen LogP contribution in [0.5, 0.6) is 0 Å². The van der Waals surface area contributed by atoms with E-state index >= 15 is 0 Å². The van der Waals surface area contributed by atoms with E-state index in [1.54, 1.807) is 66.9 Å². The van der Waals surface area contributed by atoms with Crippen LogP contribution in [0.1, 0.15) is 27.6 Å². The lowest BCUT2D eigenvalue weighted by Gasteiger charge is -2.14. The lowest BCUT2D eigenvalue weighted by atomic mass is 10.0. The number of anilines is 4. The maximum atomic E-state index is 13.7. The van der Waals surface area contributed by atoms with Crippen molar-refractivity contribution < 1.29 is 27.5 Å². The summed E-state index contributed by atoms with van der Waals surface area (Å²) in [6, 6.07) is 23.6. The first-order valence-corrected chi connectivity index (χ1v) is 17.5. The first-order valence-electron chi connectivity index (χ1n) is 14.4. The second-order valence-electron chi connectivity index (χ2n) is 10.2. The number of nitrogens with one attached hydrogen (secondary N) is 2. The molecule has 6 rings (SSSR count). The molecule has 0 aliphatic carbocycles. The predicted molar refractivity (Wildman–Crippen MR) is 203 cm³/mol. The number of halogens is 9. The third kappa shape index (κ3) is 12.1. The van der Waals surface area contributed by atoms with Crippen molar-refractivity contribution in [2.45, 2.75) is 6.10 Å². The summed E-state index contributed by atoms with van der Waals surface area (Å²) in [5.41, 5.74) is 1.89. The quantitative estimate of drug-likeness (QED) is 0.109. The smallest absolute Gasteiger partial charge is 0.151 e. The summed E-state index contributed by atoms with van der Waals surface area (Å²) in [4.78, 5) is 18.4. The number of aldehydes is 1. The highest BCUT2D eigenvalue weighted by Gasteiger charge is 2.15. The Bertz CT molecular complexity index is 2120. The fourth-order valence-corrected chi connectivity index (χ4v) is 5.43. The summed E-state index contributed by atoms with van der Waals surface area (Å²) < 4.78 is 55.0. The minimum absolute atomic E-state index is 0.109. The first kappa shape index (κ1) is 39.9. The van der Waals surface area contributed by atoms with Crippen molar-refractivity contribution >= 4 is 100 Å². The number of pyridine rings is 2. The molecule has 1 unspecified atom stereocenters. The highest BCUT2D eigenvalue weighted by Crippen LogP contribution is 2.31. The maximum Gasteiger partial charge on any atom is 0.151 e. The zero-order chi connectivity index (χ0) is 37.1. The highest BCUT2D eigenvalue weighted by atomic mass is 79.9. The maximum absolute atomic E-state index is 13.7. The minimum atomic E-state index is -0.950. The number of carbonyl (C=O) groups is 1. The zero-order valence-corrected chi connectivity index (χ0v) is 32.0. The standard InChI is InChI=1S/C18H12BrClF2N2O.C11H7BrF2N2.C7H4BrClO/c19-11-2-4-14(20)13(7-11)18(25)10-1-6-17(23-9-10)24-16-5-3-12(21)8-15(16)22;12-7-1-4-11(15-6-7)16-10-3-2-8(13)5-9(10)14;8-6-1-2-7(9)5(3-6)4-10/h1-9,18,25H,(H,23,24);1-6H,(H,15,16);1-4H. The van der Waals surface area contributed by atoms with Crippen LogP contribution in [0.15, 0.2) is 123 Å². The van der Waals surface area contributed by atoms with Crippen molar-refractivity contribution in [1.82, 2.24) is 9.97 Å². The van der Waals surface area contributed by atoms with Gasteiger partial charge in [-0.05, 0) is 94.8 Å². The van der Waals surface area contributed by atoms with Crippen LogP contribution in [0.3, 0.4) is 0 Å². The van der Waals surface area contributed by atoms with Crippen LogP contribution in [-0.2, 0) is 0 Å². The van der Waals surface area contributed by atoms with Crippen molar-refractivity contribution in [3.63, 3.8) is 0 Å². The molecule has 2 heterocycles. The van der Waals surface area contributed by atoms with E-state index in [2.05, 4.69) is 68.4 Å². The van der Waals surface area contributed by atoms with Gasteiger partial charge in [-0.25, -0.2) is 27.5 Å². The Hall–Kier alpha value is -3.85. The molecule has 6 nitrogen and oxygen atoms in total. The van der Waals surface area contributed by atoms with Gasteiger partial charge in [0.15, 0.2) is 6.29 Å². The fraction of sp³-hybridized carbons (Fsp3) is 0.0278. The van der Waals surface area contributed by atoms with Gasteiger partial charge in [-0.2, -0.15) is 0 Å². The van der Waals surface area contributed by atoms with Crippen LogP contribution in [0.2, 0.25) is 10.0 Å². The van der Waals surface area contributed by atoms with E-state index in [0.29, 0.717) is 38.4 Å². The van der Waals surface area contributed by atoms with Gasteiger partial charge in [0.25, 0.3) is 0 Å². The normalized spacial score (nSPS) is 10.9. The molecule has 6 aromatic rings. The SMILES string of the molecule is Fc1ccc(Nc2ccc(Br)cn2)c(F)c1.O=Cc1cc(Br)ccc1Cl.OC(c1ccc(Nc2ccc(F)cc2F)nc1)c1cc(Br)ccc1Cl. The Morgan fingerprint density at radius 3 is 1.61 bits per heavy atom. The Kier molecular flexibility index (Phi) is 15.0. The molecule has 4 aromatic carbocycles. The number of rotatable bonds is 7. The van der Waals surface area contributed by atoms with Crippen LogP contribution in [0, 0.1) is 23.3 Å². The Balaban J connectivity index is 0.000000191. The van der Waals surface area contributed by atoms with Crippen molar-refractivity contribution in [2.75, 3.05) is 10.6 Å². The number of benzene rings is 4. The van der Waals surface area contributed by atoms with Gasteiger partial charge in [0.05, 0.1) is 16.4 Å². The molecule has 0 fully saturated rings. The molecule has 0 saturated heterocycles. The molecule has 3 N–H and O–H groups in total. The molecule has 262 valence electrons. The Labute approximate surface area is 325 Å². The Morgan fingerprint density at radius 2 is 1.14 bits per heavy atom. The van der Waals surface area contributed by atoms with E-state index < -0.39 is 29.4 Å². The van der Waals surface area contributed by atoms with Crippen LogP contribution < -0.4 is 10.6 Å². The third-order valence-electron chi connectivity index (χ3n) is 6.55. The number of carbonyl (C=O) groups excluding carboxylic acids is 1. The number of aliphatic hydroxyl groups is 1. The summed E-state index contributed by atoms with van der Waals surface area (Å²) in [7, 11) is 0. The predicted octanol–water partition coefficient (Wildman–Crippen LogP) is 12.4. The van der Waals surface area contributed by atoms with E-state index in [1.165, 1.54) is 24.4 Å². The van der Waals surface area contributed by atoms with E-state index in [9.17, 15) is 27.5 Å². The molecule has 2 aromatic heterocycles. The van der Waals surface area contributed by atoms with Crippen molar-refractivity contribution in [3.05, 3.63) is 173 Å². The third-order valence-corrected chi connectivity index (χ3v) is 8.70. The van der Waals surface area contributed by atoms with Crippen LogP contribution in [0.25, 0.3) is 0 Å². The molecule has 1 atom stereocenters. The molecule has 0 radical (unpaired) electrons. The minimum Gasteiger partial charge on any atom is -0.384 e. The molecular formula is C36H23Br3Cl2F4N4O2. The average Bonchev–Trinajstić information content (AvgIpc) is 3.11. The molecule has 0 bridgehead atoms. The van der Waals surface area contributed by atoms with Gasteiger partial charge in [-0.1, -0.05) is 61.1 Å². The average molecular weight is 930 g/mol. The monoisotopic (exact) mass is 926 g/mol. The Morgan fingerprint density at radius 1 is 0.627 bits per heavy atom. The van der Waals surface area contributed by atoms with Crippen molar-refractivity contribution in [3.8, 4) is 0 Å². The molecule has 0 aliphatic heterocycles. The molecule has 0 saturated carbocycles. The summed E-state index contributed by atoms with van der Waals surface area (Å²) in [6.07, 6.45) is 2.83. The largest absolute Gasteiger partial charge is 0.384 e. The molecule has 0 spiro atoms. The van der Waals surface area contributed by atoms with E-state index in [0.717, 1.165) is 37.9 Å². The number of hydrogen-bond donors (Lipinski definition) is 3. The number of aromatic nitrogens is 2. The summed E-state index contributed by atoms with van der Waals surface area (Å²) in [5.74, 6) is -1.76. The van der Waals surface area contributed by atoms with Gasteiger partial charge in [0.1, 0.15) is 41.0 Å². The van der Waals surface area contributed by atoms with Gasteiger partial charge < -0.3 is 15.7 Å². The van der Waals surface area contributed by atoms with E-state index in [-0.39, 0.29) is 11.4 Å². The lowest BCUT2D eigenvalue weighted by Crippen LogP contribution is -2.03. The first-order chi connectivity index (χ1) is 24.3. The van der Waals surface area contributed by atoms with Gasteiger partial charge in [-0.15, -0.1) is 0 Å². The van der Waals surface area contributed by atoms with Gasteiger partial charge >= 0.3 is 0 Å². The molecule has 15 heteroatoms. The van der Waals surface area contributed by atoms with Crippen molar-refractivity contribution in [1.29, 1.82) is 0 Å². The fourth-order valence-electron chi connectivity index (χ4n) is 4.06. The second-order valence-corrected chi connectivity index (χ2v) is 13.8. The number of aliphatic hydroxyl groups excluding tert-OH is 1. The van der Waals surface area contributed by atoms with Gasteiger partial charge in [0, 0.05) is 59.7 Å². The van der Waals surface area contributed by atoms with Gasteiger partial charge in [-0.3, -0.25) is 4.79 Å². The number of nitrogens with zero attached hydrogens (tertiary/aromatic N) is 2. The molecule has 51 heavy (non-hydrogen) atoms. The second kappa shape index (κ2) is 19.1. The molecular weight excluding hydrogens is 907 g/mol. The van der Waals surface area contributed by atoms with Crippen molar-refractivity contribution in [2.24, 2.45) is 0 Å². The van der Waals surface area contributed by atoms with E-state index in [4.69, 9.17) is 23.2 Å². The summed E-state index contributed by atoms with van der Waals surface area (Å²) in [6.45, 7) is 0. The highest BCUT2D eigenvalue weighted by molar-refractivity contribution is 9.11. The van der Waals surface area contributed by atoms with Crippen LogP contribution in [-0.4, -0.2) is 21.4 Å². The molecule has 0 amide bonds. The summed E-state index contributed by atoms with van der Waals surface area (Å²) >= 11 is 21.6. The number of hydrogen-bond acceptors (Lipinski definition) is 6.